The number of β-lactam (4-membered cyclic amide) rings is 1. The molecule has 2 aliphatic rings. The van der Waals surface area contributed by atoms with E-state index in [0.29, 0.717) is 0 Å². The number of rotatable bonds is 11. The Balaban J connectivity index is 1.81. The lowest BCUT2D eigenvalue weighted by atomic mass is 10.0. The molecule has 206 valence electrons. The first-order valence-electron chi connectivity index (χ1n) is 9.86. The van der Waals surface area contributed by atoms with Gasteiger partial charge in [0.2, 0.25) is 21.1 Å². The largest absolute Gasteiger partial charge is 0.477 e. The Morgan fingerprint density at radius 3 is 2.54 bits per heavy atom. The molecule has 3 heterocycles. The van der Waals surface area contributed by atoms with Gasteiger partial charge >= 0.3 is 12.1 Å². The molecule has 0 bridgehead atoms. The average molecular weight is 610 g/mol. The van der Waals surface area contributed by atoms with Crippen molar-refractivity contribution < 1.29 is 49.5 Å². The van der Waals surface area contributed by atoms with E-state index in [1.165, 1.54) is 0 Å². The van der Waals surface area contributed by atoms with Gasteiger partial charge < -0.3 is 10.4 Å². The Morgan fingerprint density at radius 1 is 1.32 bits per heavy atom. The standard InChI is InChI=1S/C15H18F3N7O8S4/c16-15(17,18)5-36(30,31)4-8(26)20-9-11(27)25-10(13(28)29)6(3-34-12(9)25)7(1-2-37(19,32)33)35-14-21-23-24-22-14/h7,9,12H,1-5H2,(H,20,26)(H,28,29)(H2,19,32,33)(H,21,22,23,24)/t7?,9?,12-/m0/s1. The Morgan fingerprint density at radius 2 is 2.00 bits per heavy atom. The predicted molar refractivity (Wildman–Crippen MR) is 121 cm³/mol. The zero-order valence-electron chi connectivity index (χ0n) is 18.2. The van der Waals surface area contributed by atoms with Crippen LogP contribution >= 0.6 is 23.5 Å². The first-order valence-corrected chi connectivity index (χ1v) is 15.3. The number of fused-ring (bicyclic) bond motifs is 1. The lowest BCUT2D eigenvalue weighted by Gasteiger charge is -2.50. The van der Waals surface area contributed by atoms with Crippen LogP contribution in [0.25, 0.3) is 0 Å². The molecule has 2 unspecified atom stereocenters. The number of amides is 2. The Bertz CT molecular complexity index is 1320. The van der Waals surface area contributed by atoms with E-state index in [9.17, 15) is 49.5 Å². The van der Waals surface area contributed by atoms with E-state index < -0.39 is 83.4 Å². The molecule has 3 rings (SSSR count). The van der Waals surface area contributed by atoms with Gasteiger partial charge in [0.1, 0.15) is 28.6 Å². The van der Waals surface area contributed by atoms with E-state index in [-0.39, 0.29) is 22.9 Å². The van der Waals surface area contributed by atoms with Gasteiger partial charge in [-0.25, -0.2) is 31.9 Å². The molecule has 5 N–H and O–H groups in total. The Hall–Kier alpha value is -2.43. The van der Waals surface area contributed by atoms with Gasteiger partial charge in [-0.05, 0) is 22.4 Å². The SMILES string of the molecule is NS(=O)(=O)CCC(Sc1nnn[nH]1)C1=C(C(=O)O)N2C(=O)C(NC(=O)CS(=O)(=O)CC(F)(F)F)[C@@H]2SC1. The van der Waals surface area contributed by atoms with Gasteiger partial charge in [0.15, 0.2) is 9.84 Å². The summed E-state index contributed by atoms with van der Waals surface area (Å²) in [5.74, 6) is -8.15. The molecule has 0 aromatic carbocycles. The fraction of sp³-hybridized carbons (Fsp3) is 0.600. The van der Waals surface area contributed by atoms with Crippen LogP contribution in [0.5, 0.6) is 0 Å². The van der Waals surface area contributed by atoms with Crippen molar-refractivity contribution in [3.05, 3.63) is 11.3 Å². The third kappa shape index (κ3) is 7.55. The van der Waals surface area contributed by atoms with E-state index in [0.717, 1.165) is 28.4 Å². The lowest BCUT2D eigenvalue weighted by Crippen LogP contribution is -2.71. The monoisotopic (exact) mass is 609 g/mol. The number of nitrogens with two attached hydrogens (primary N) is 1. The number of aromatic nitrogens is 4. The highest BCUT2D eigenvalue weighted by Crippen LogP contribution is 2.44. The lowest BCUT2D eigenvalue weighted by molar-refractivity contribution is -0.150. The first kappa shape index (κ1) is 29.1. The molecule has 22 heteroatoms. The highest BCUT2D eigenvalue weighted by Gasteiger charge is 2.55. The molecule has 0 saturated carbocycles. The van der Waals surface area contributed by atoms with Crippen molar-refractivity contribution in [1.29, 1.82) is 0 Å². The van der Waals surface area contributed by atoms with Crippen molar-refractivity contribution in [2.45, 2.75) is 34.4 Å². The van der Waals surface area contributed by atoms with E-state index in [4.69, 9.17) is 5.14 Å². The number of carboxylic acids is 1. The van der Waals surface area contributed by atoms with Gasteiger partial charge in [-0.15, -0.1) is 16.9 Å². The molecule has 0 radical (unpaired) electrons. The van der Waals surface area contributed by atoms with E-state index in [2.05, 4.69) is 20.6 Å². The number of halogens is 3. The highest BCUT2D eigenvalue weighted by atomic mass is 32.2. The minimum Gasteiger partial charge on any atom is -0.477 e. The van der Waals surface area contributed by atoms with Crippen LogP contribution in [0.1, 0.15) is 6.42 Å². The summed E-state index contributed by atoms with van der Waals surface area (Å²) in [6, 6.07) is -1.39. The smallest absolute Gasteiger partial charge is 0.402 e. The van der Waals surface area contributed by atoms with E-state index in [1.54, 1.807) is 0 Å². The Kier molecular flexibility index (Phi) is 8.46. The summed E-state index contributed by atoms with van der Waals surface area (Å²) in [6.45, 7) is 0. The summed E-state index contributed by atoms with van der Waals surface area (Å²) in [5, 5.41) is 28.1. The molecule has 2 aliphatic heterocycles. The summed E-state index contributed by atoms with van der Waals surface area (Å²) in [6.07, 6.45) is -5.22. The second kappa shape index (κ2) is 10.7. The number of carbonyl (C=O) groups excluding carboxylic acids is 2. The zero-order valence-corrected chi connectivity index (χ0v) is 21.5. The number of carbonyl (C=O) groups is 3. The van der Waals surface area contributed by atoms with Crippen LogP contribution in [-0.4, -0.2) is 111 Å². The van der Waals surface area contributed by atoms with Gasteiger partial charge in [0.05, 0.1) is 5.75 Å². The highest BCUT2D eigenvalue weighted by molar-refractivity contribution is 8.01. The number of carboxylic acid groups (broad SMARTS) is 1. The van der Waals surface area contributed by atoms with Crippen molar-refractivity contribution in [3.8, 4) is 0 Å². The number of sulfone groups is 1. The Labute approximate surface area is 215 Å². The molecule has 1 aromatic rings. The summed E-state index contributed by atoms with van der Waals surface area (Å²) < 4.78 is 83.4. The minimum absolute atomic E-state index is 0.0569. The number of alkyl halides is 3. The molecule has 1 aromatic heterocycles. The van der Waals surface area contributed by atoms with Gasteiger partial charge in [0.25, 0.3) is 5.91 Å². The van der Waals surface area contributed by atoms with Gasteiger partial charge in [-0.3, -0.25) is 14.5 Å². The van der Waals surface area contributed by atoms with Crippen LogP contribution in [0.15, 0.2) is 16.4 Å². The van der Waals surface area contributed by atoms with Crippen LogP contribution in [0, 0.1) is 0 Å². The topological polar surface area (TPSA) is 235 Å². The molecular formula is C15H18F3N7O8S4. The number of thioether (sulfide) groups is 2. The molecule has 0 spiro atoms. The number of primary sulfonamides is 1. The maximum absolute atomic E-state index is 12.8. The number of nitrogens with zero attached hydrogens (tertiary/aromatic N) is 4. The number of aliphatic carboxylic acids is 1. The molecule has 1 fully saturated rings. The fourth-order valence-electron chi connectivity index (χ4n) is 3.52. The van der Waals surface area contributed by atoms with Crippen LogP contribution < -0.4 is 10.5 Å². The molecule has 37 heavy (non-hydrogen) atoms. The summed E-state index contributed by atoms with van der Waals surface area (Å²) in [5.41, 5.74) is -0.340. The molecular weight excluding hydrogens is 591 g/mol. The maximum atomic E-state index is 12.8. The van der Waals surface area contributed by atoms with Gasteiger partial charge in [-0.1, -0.05) is 11.8 Å². The maximum Gasteiger partial charge on any atom is 0.402 e. The van der Waals surface area contributed by atoms with Crippen molar-refractivity contribution in [3.63, 3.8) is 0 Å². The second-order valence-corrected chi connectivity index (χ2v) is 13.8. The van der Waals surface area contributed by atoms with Gasteiger partial charge in [0, 0.05) is 11.0 Å². The number of hydrogen-bond acceptors (Lipinski definition) is 12. The summed E-state index contributed by atoms with van der Waals surface area (Å²) in [7, 11) is -8.80. The number of aromatic amines is 1. The number of nitrogens with one attached hydrogen (secondary N) is 2. The summed E-state index contributed by atoms with van der Waals surface area (Å²) >= 11 is 1.88. The summed E-state index contributed by atoms with van der Waals surface area (Å²) in [4.78, 5) is 37.8. The van der Waals surface area contributed by atoms with Crippen molar-refractivity contribution in [1.82, 2.24) is 30.8 Å². The fourth-order valence-corrected chi connectivity index (χ4v) is 7.86. The zero-order chi connectivity index (χ0) is 27.8. The van der Waals surface area contributed by atoms with Gasteiger partial charge in [-0.2, -0.15) is 13.2 Å². The third-order valence-electron chi connectivity index (χ3n) is 4.88. The van der Waals surface area contributed by atoms with Crippen LogP contribution in [0.4, 0.5) is 13.2 Å². The molecule has 3 atom stereocenters. The molecule has 1 saturated heterocycles. The second-order valence-electron chi connectivity index (χ2n) is 7.75. The number of sulfonamides is 1. The first-order chi connectivity index (χ1) is 17.0. The van der Waals surface area contributed by atoms with Crippen LogP contribution in [-0.2, 0) is 34.2 Å². The van der Waals surface area contributed by atoms with Crippen molar-refractivity contribution >= 4 is 61.2 Å². The molecule has 0 aliphatic carbocycles. The minimum atomic E-state index is -5.06. The van der Waals surface area contributed by atoms with Crippen molar-refractivity contribution in [2.75, 3.05) is 23.0 Å². The molecule has 15 nitrogen and oxygen atoms in total. The van der Waals surface area contributed by atoms with E-state index in [1.807, 2.05) is 5.32 Å². The number of hydrogen-bond donors (Lipinski definition) is 4. The average Bonchev–Trinajstić information content (AvgIpc) is 3.24. The normalized spacial score (nSPS) is 21.3. The van der Waals surface area contributed by atoms with Crippen LogP contribution in [0.2, 0.25) is 0 Å². The van der Waals surface area contributed by atoms with E-state index >= 15 is 0 Å². The van der Waals surface area contributed by atoms with Crippen LogP contribution in [0.3, 0.4) is 0 Å². The third-order valence-corrected chi connectivity index (χ3v) is 9.66. The number of H-pyrrole nitrogens is 1. The molecule has 2 amide bonds. The quantitative estimate of drug-likeness (QED) is 0.158. The van der Waals surface area contributed by atoms with Crippen molar-refractivity contribution in [2.24, 2.45) is 5.14 Å². The predicted octanol–water partition coefficient (Wildman–Crippen LogP) is -1.95. The number of tetrazole rings is 1.